The molecule has 4 N–H and O–H groups in total. The third kappa shape index (κ3) is 1.06. The molecule has 0 aliphatic carbocycles. The molecular weight excluding hydrogens is 152 g/mol. The summed E-state index contributed by atoms with van der Waals surface area (Å²) >= 11 is 3.72. The largest absolute Gasteiger partial charge is 0.739 e. The molecule has 6 heteroatoms. The van der Waals surface area contributed by atoms with E-state index in [1.54, 1.807) is 0 Å². The number of anilines is 2. The Morgan fingerprint density at radius 1 is 1.60 bits per heavy atom. The van der Waals surface area contributed by atoms with Gasteiger partial charge in [-0.25, -0.2) is 4.73 Å². The predicted molar refractivity (Wildman–Crippen MR) is 39.3 cm³/mol. The van der Waals surface area contributed by atoms with E-state index >= 15 is 0 Å². The van der Waals surface area contributed by atoms with Gasteiger partial charge in [-0.05, 0) is 0 Å². The number of nitrogens with two attached hydrogens (primary N) is 2. The highest BCUT2D eigenvalue weighted by atomic mass is 32.1. The first-order valence-electron chi connectivity index (χ1n) is 2.46. The third-order valence-corrected chi connectivity index (χ3v) is 1.22. The minimum Gasteiger partial charge on any atom is -0.739 e. The maximum atomic E-state index is 10.7. The Balaban J connectivity index is 3.31. The third-order valence-electron chi connectivity index (χ3n) is 0.941. The quantitative estimate of drug-likeness (QED) is 0.199. The first-order chi connectivity index (χ1) is 4.61. The SMILES string of the molecule is Nc1cc(N)[n+]([O-])c(S)n1. The topological polar surface area (TPSA) is 91.9 Å². The minimum atomic E-state index is -0.0440. The van der Waals surface area contributed by atoms with Crippen LogP contribution in [0.1, 0.15) is 0 Å². The van der Waals surface area contributed by atoms with Gasteiger partial charge in [-0.15, -0.1) is 0 Å². The number of thiol groups is 1. The molecule has 0 unspecified atom stereocenters. The first kappa shape index (κ1) is 6.94. The second-order valence-corrected chi connectivity index (χ2v) is 2.10. The van der Waals surface area contributed by atoms with Crippen LogP contribution in [0, 0.1) is 5.21 Å². The smallest absolute Gasteiger partial charge is 0.298 e. The molecule has 0 radical (unpaired) electrons. The Kier molecular flexibility index (Phi) is 1.54. The van der Waals surface area contributed by atoms with E-state index in [4.69, 9.17) is 11.5 Å². The number of aromatic nitrogens is 2. The first-order valence-corrected chi connectivity index (χ1v) is 2.90. The van der Waals surface area contributed by atoms with Gasteiger partial charge in [0.25, 0.3) is 5.16 Å². The summed E-state index contributed by atoms with van der Waals surface area (Å²) < 4.78 is 0.388. The molecule has 0 fully saturated rings. The van der Waals surface area contributed by atoms with Gasteiger partial charge in [0.1, 0.15) is 0 Å². The van der Waals surface area contributed by atoms with Crippen LogP contribution in [0.15, 0.2) is 11.2 Å². The Morgan fingerprint density at radius 3 is 2.70 bits per heavy atom. The van der Waals surface area contributed by atoms with E-state index in [0.717, 1.165) is 0 Å². The lowest BCUT2D eigenvalue weighted by molar-refractivity contribution is -0.635. The summed E-state index contributed by atoms with van der Waals surface area (Å²) in [5.74, 6) is 0.187. The van der Waals surface area contributed by atoms with E-state index in [1.807, 2.05) is 0 Å². The molecule has 0 aliphatic rings. The van der Waals surface area contributed by atoms with Crippen molar-refractivity contribution in [2.45, 2.75) is 5.16 Å². The van der Waals surface area contributed by atoms with Crippen LogP contribution in [-0.2, 0) is 0 Å². The van der Waals surface area contributed by atoms with Crippen molar-refractivity contribution in [3.8, 4) is 0 Å². The highest BCUT2D eigenvalue weighted by Crippen LogP contribution is 2.03. The van der Waals surface area contributed by atoms with Crippen molar-refractivity contribution >= 4 is 24.3 Å². The molecule has 1 aromatic rings. The number of rotatable bonds is 0. The number of hydrogen-bond acceptors (Lipinski definition) is 5. The fourth-order valence-corrected chi connectivity index (χ4v) is 0.750. The van der Waals surface area contributed by atoms with Gasteiger partial charge in [0.15, 0.2) is 0 Å². The lowest BCUT2D eigenvalue weighted by atomic mass is 10.5. The second-order valence-electron chi connectivity index (χ2n) is 1.70. The van der Waals surface area contributed by atoms with Crippen molar-refractivity contribution < 1.29 is 4.73 Å². The molecule has 0 atom stereocenters. The summed E-state index contributed by atoms with van der Waals surface area (Å²) in [4.78, 5) is 3.55. The number of nitrogens with zero attached hydrogens (tertiary/aromatic N) is 2. The second kappa shape index (κ2) is 2.22. The zero-order valence-electron chi connectivity index (χ0n) is 4.98. The van der Waals surface area contributed by atoms with Gasteiger partial charge >= 0.3 is 0 Å². The fraction of sp³-hybridized carbons (Fsp3) is 0. The van der Waals surface area contributed by atoms with Crippen molar-refractivity contribution in [3.05, 3.63) is 11.3 Å². The number of hydrogen-bond donors (Lipinski definition) is 3. The van der Waals surface area contributed by atoms with Crippen molar-refractivity contribution in [1.82, 2.24) is 4.98 Å². The van der Waals surface area contributed by atoms with E-state index < -0.39 is 0 Å². The predicted octanol–water partition coefficient (Wildman–Crippen LogP) is -0.832. The molecule has 54 valence electrons. The van der Waals surface area contributed by atoms with Gasteiger partial charge in [-0.3, -0.25) is 0 Å². The van der Waals surface area contributed by atoms with Crippen LogP contribution < -0.4 is 16.2 Å². The van der Waals surface area contributed by atoms with Crippen molar-refractivity contribution in [3.63, 3.8) is 0 Å². The van der Waals surface area contributed by atoms with Gasteiger partial charge in [0, 0.05) is 0 Å². The molecule has 0 aliphatic heterocycles. The summed E-state index contributed by atoms with van der Waals surface area (Å²) in [5, 5.41) is 10.7. The molecule has 0 spiro atoms. The Labute approximate surface area is 62.7 Å². The molecule has 1 aromatic heterocycles. The molecule has 1 heterocycles. The van der Waals surface area contributed by atoms with Crippen molar-refractivity contribution in [2.75, 3.05) is 11.5 Å². The normalized spacial score (nSPS) is 9.70. The molecule has 0 aromatic carbocycles. The molecule has 0 saturated heterocycles. The van der Waals surface area contributed by atoms with Crippen molar-refractivity contribution in [2.24, 2.45) is 0 Å². The summed E-state index contributed by atoms with van der Waals surface area (Å²) in [7, 11) is 0. The van der Waals surface area contributed by atoms with E-state index in [9.17, 15) is 5.21 Å². The lowest BCUT2D eigenvalue weighted by Gasteiger charge is -2.06. The van der Waals surface area contributed by atoms with Crippen LogP contribution in [0.4, 0.5) is 11.6 Å². The van der Waals surface area contributed by atoms with Gasteiger partial charge in [-0.2, -0.15) is 0 Å². The number of nitrogen functional groups attached to an aromatic ring is 2. The Bertz CT molecular complexity index is 240. The fourth-order valence-electron chi connectivity index (χ4n) is 0.519. The van der Waals surface area contributed by atoms with Gasteiger partial charge in [0.05, 0.1) is 6.07 Å². The van der Waals surface area contributed by atoms with E-state index in [2.05, 4.69) is 17.6 Å². The highest BCUT2D eigenvalue weighted by Gasteiger charge is 2.03. The molecular formula is C4H6N4OS. The van der Waals surface area contributed by atoms with E-state index in [-0.39, 0.29) is 16.8 Å². The summed E-state index contributed by atoms with van der Waals surface area (Å²) in [6.07, 6.45) is 0. The van der Waals surface area contributed by atoms with Gasteiger partial charge in [0.2, 0.25) is 11.6 Å². The van der Waals surface area contributed by atoms with Crippen LogP contribution in [0.2, 0.25) is 0 Å². The maximum Gasteiger partial charge on any atom is 0.298 e. The molecule has 1 rings (SSSR count). The van der Waals surface area contributed by atoms with Crippen LogP contribution in [0.3, 0.4) is 0 Å². The summed E-state index contributed by atoms with van der Waals surface area (Å²) in [6, 6.07) is 1.27. The molecule has 0 saturated carbocycles. The Morgan fingerprint density at radius 2 is 2.20 bits per heavy atom. The van der Waals surface area contributed by atoms with Crippen LogP contribution in [0.5, 0.6) is 0 Å². The maximum absolute atomic E-state index is 10.7. The average molecular weight is 158 g/mol. The zero-order chi connectivity index (χ0) is 7.72. The highest BCUT2D eigenvalue weighted by molar-refractivity contribution is 7.79. The van der Waals surface area contributed by atoms with Crippen LogP contribution >= 0.6 is 12.6 Å². The van der Waals surface area contributed by atoms with E-state index in [0.29, 0.717) is 4.73 Å². The summed E-state index contributed by atoms with van der Waals surface area (Å²) in [6.45, 7) is 0. The molecule has 0 bridgehead atoms. The molecule has 5 nitrogen and oxygen atoms in total. The Hall–Kier alpha value is -1.17. The standard InChI is InChI=1S/C4H6N4OS/c5-2-1-3(6)8(9)4(10)7-2/h1H,6H2,(H3,5,7,10). The minimum absolute atomic E-state index is 0.00231. The molecule has 10 heavy (non-hydrogen) atoms. The van der Waals surface area contributed by atoms with Crippen LogP contribution in [-0.4, -0.2) is 4.98 Å². The zero-order valence-corrected chi connectivity index (χ0v) is 5.88. The van der Waals surface area contributed by atoms with E-state index in [1.165, 1.54) is 6.07 Å². The van der Waals surface area contributed by atoms with Gasteiger partial charge < -0.3 is 16.7 Å². The van der Waals surface area contributed by atoms with Crippen LogP contribution in [0.25, 0.3) is 0 Å². The van der Waals surface area contributed by atoms with Crippen molar-refractivity contribution in [1.29, 1.82) is 0 Å². The lowest BCUT2D eigenvalue weighted by Crippen LogP contribution is -2.33. The average Bonchev–Trinajstić information content (AvgIpc) is 1.82. The summed E-state index contributed by atoms with van der Waals surface area (Å²) in [5.41, 5.74) is 10.4. The monoisotopic (exact) mass is 158 g/mol. The van der Waals surface area contributed by atoms with Gasteiger partial charge in [-0.1, -0.05) is 17.6 Å². The molecule has 0 amide bonds.